The number of hydrogen-bond donors (Lipinski definition) is 2. The fourth-order valence-corrected chi connectivity index (χ4v) is 3.62. The Kier molecular flexibility index (Phi) is 6.18. The van der Waals surface area contributed by atoms with Crippen molar-refractivity contribution in [3.8, 4) is 22.4 Å². The standard InChI is InChI=1S/C23H20F2N6S/c1-31-13-16(12-28-31)14-3-6-21(27-11-14)19(10-26)15-7-22(29-23(8-15)30-32-2)18-5-4-17(24)9-20(18)25/h3-13H,26H2,1-2H3,(H,29,30). The van der Waals surface area contributed by atoms with Crippen LogP contribution in [-0.4, -0.2) is 26.0 Å². The summed E-state index contributed by atoms with van der Waals surface area (Å²) in [5.74, 6) is -0.827. The van der Waals surface area contributed by atoms with Gasteiger partial charge in [-0.3, -0.25) is 9.67 Å². The van der Waals surface area contributed by atoms with Crippen LogP contribution in [0.3, 0.4) is 0 Å². The van der Waals surface area contributed by atoms with Crippen molar-refractivity contribution >= 4 is 23.3 Å². The third-order valence-electron chi connectivity index (χ3n) is 4.79. The maximum absolute atomic E-state index is 14.4. The summed E-state index contributed by atoms with van der Waals surface area (Å²) in [5.41, 5.74) is 10.4. The number of halogens is 2. The second-order valence-corrected chi connectivity index (χ2v) is 7.58. The van der Waals surface area contributed by atoms with E-state index in [-0.39, 0.29) is 5.56 Å². The predicted octanol–water partition coefficient (Wildman–Crippen LogP) is 4.86. The molecule has 0 bridgehead atoms. The van der Waals surface area contributed by atoms with E-state index in [2.05, 4.69) is 19.8 Å². The van der Waals surface area contributed by atoms with Crippen LogP contribution in [0.25, 0.3) is 28.0 Å². The zero-order valence-electron chi connectivity index (χ0n) is 17.4. The lowest BCUT2D eigenvalue weighted by molar-refractivity contribution is 0.585. The van der Waals surface area contributed by atoms with Crippen LogP contribution in [0, 0.1) is 11.6 Å². The molecule has 0 aliphatic heterocycles. The summed E-state index contributed by atoms with van der Waals surface area (Å²) >= 11 is 1.35. The Morgan fingerprint density at radius 3 is 2.56 bits per heavy atom. The molecular formula is C23H20F2N6S. The van der Waals surface area contributed by atoms with Crippen molar-refractivity contribution in [2.24, 2.45) is 12.8 Å². The third-order valence-corrected chi connectivity index (χ3v) is 5.21. The molecule has 6 nitrogen and oxygen atoms in total. The molecule has 0 spiro atoms. The summed E-state index contributed by atoms with van der Waals surface area (Å²) in [6.07, 6.45) is 8.73. The van der Waals surface area contributed by atoms with Gasteiger partial charge in [0.1, 0.15) is 17.5 Å². The highest BCUT2D eigenvalue weighted by Crippen LogP contribution is 2.31. The molecule has 0 atom stereocenters. The molecule has 3 N–H and O–H groups in total. The number of aromatic nitrogens is 4. The second-order valence-electron chi connectivity index (χ2n) is 6.97. The van der Waals surface area contributed by atoms with E-state index in [0.717, 1.165) is 17.2 Å². The average molecular weight is 451 g/mol. The van der Waals surface area contributed by atoms with Gasteiger partial charge in [-0.1, -0.05) is 18.0 Å². The van der Waals surface area contributed by atoms with Crippen LogP contribution < -0.4 is 10.5 Å². The molecule has 3 aromatic heterocycles. The molecule has 0 saturated carbocycles. The summed E-state index contributed by atoms with van der Waals surface area (Å²) < 4.78 is 32.6. The molecule has 0 unspecified atom stereocenters. The van der Waals surface area contributed by atoms with Crippen molar-refractivity contribution < 1.29 is 8.78 Å². The van der Waals surface area contributed by atoms with Crippen LogP contribution in [0.5, 0.6) is 0 Å². The van der Waals surface area contributed by atoms with Gasteiger partial charge in [-0.2, -0.15) is 5.10 Å². The van der Waals surface area contributed by atoms with E-state index >= 15 is 0 Å². The number of aryl methyl sites for hydroxylation is 1. The molecule has 3 heterocycles. The van der Waals surface area contributed by atoms with Gasteiger partial charge in [-0.25, -0.2) is 13.8 Å². The highest BCUT2D eigenvalue weighted by Gasteiger charge is 2.14. The van der Waals surface area contributed by atoms with E-state index < -0.39 is 11.6 Å². The molecule has 0 saturated heterocycles. The van der Waals surface area contributed by atoms with Crippen LogP contribution in [0.2, 0.25) is 0 Å². The van der Waals surface area contributed by atoms with Gasteiger partial charge in [0.05, 0.1) is 17.6 Å². The van der Waals surface area contributed by atoms with Crippen LogP contribution in [0.15, 0.2) is 67.3 Å². The molecule has 0 fully saturated rings. The number of nitrogens with one attached hydrogen (secondary N) is 1. The monoisotopic (exact) mass is 450 g/mol. The predicted molar refractivity (Wildman–Crippen MR) is 124 cm³/mol. The number of benzene rings is 1. The Morgan fingerprint density at radius 2 is 1.94 bits per heavy atom. The lowest BCUT2D eigenvalue weighted by Crippen LogP contribution is -2.00. The maximum atomic E-state index is 14.4. The molecule has 9 heteroatoms. The van der Waals surface area contributed by atoms with Crippen molar-refractivity contribution in [3.05, 3.63) is 90.1 Å². The molecule has 1 aromatic carbocycles. The number of pyridine rings is 2. The summed E-state index contributed by atoms with van der Waals surface area (Å²) in [7, 11) is 1.85. The SMILES string of the molecule is CSNc1cc(C(=CN)c2ccc(-c3cnn(C)c3)cn2)cc(-c2ccc(F)cc2F)n1. The van der Waals surface area contributed by atoms with Gasteiger partial charge < -0.3 is 10.5 Å². The Morgan fingerprint density at radius 1 is 1.09 bits per heavy atom. The molecule has 4 rings (SSSR count). The number of hydrogen-bond acceptors (Lipinski definition) is 6. The summed E-state index contributed by atoms with van der Waals surface area (Å²) in [4.78, 5) is 9.02. The minimum absolute atomic E-state index is 0.189. The summed E-state index contributed by atoms with van der Waals surface area (Å²) in [6.45, 7) is 0. The lowest BCUT2D eigenvalue weighted by Gasteiger charge is -2.13. The van der Waals surface area contributed by atoms with Crippen molar-refractivity contribution in [2.75, 3.05) is 11.0 Å². The third kappa shape index (κ3) is 4.47. The van der Waals surface area contributed by atoms with Gasteiger partial charge in [-0.05, 0) is 35.9 Å². The molecule has 0 radical (unpaired) electrons. The zero-order chi connectivity index (χ0) is 22.7. The first-order valence-electron chi connectivity index (χ1n) is 9.62. The number of nitrogens with two attached hydrogens (primary N) is 1. The minimum Gasteiger partial charge on any atom is -0.404 e. The molecular weight excluding hydrogens is 430 g/mol. The number of anilines is 1. The minimum atomic E-state index is -0.693. The fraction of sp³-hybridized carbons (Fsp3) is 0.0870. The Labute approximate surface area is 188 Å². The van der Waals surface area contributed by atoms with Crippen LogP contribution >= 0.6 is 11.9 Å². The molecule has 0 aliphatic rings. The normalized spacial score (nSPS) is 11.6. The van der Waals surface area contributed by atoms with E-state index in [1.54, 1.807) is 29.2 Å². The Hall–Kier alpha value is -3.72. The number of nitrogens with zero attached hydrogens (tertiary/aromatic N) is 4. The van der Waals surface area contributed by atoms with Crippen molar-refractivity contribution in [2.45, 2.75) is 0 Å². The van der Waals surface area contributed by atoms with Gasteiger partial charge in [0.2, 0.25) is 0 Å². The van der Waals surface area contributed by atoms with Crippen molar-refractivity contribution in [1.29, 1.82) is 0 Å². The van der Waals surface area contributed by atoms with Gasteiger partial charge in [0.25, 0.3) is 0 Å². The van der Waals surface area contributed by atoms with Gasteiger partial charge in [0.15, 0.2) is 0 Å². The van der Waals surface area contributed by atoms with Gasteiger partial charge in [0, 0.05) is 60.2 Å². The van der Waals surface area contributed by atoms with E-state index in [0.29, 0.717) is 28.3 Å². The summed E-state index contributed by atoms with van der Waals surface area (Å²) in [5, 5.41) is 4.18. The Bertz CT molecular complexity index is 1280. The van der Waals surface area contributed by atoms with E-state index in [9.17, 15) is 8.78 Å². The average Bonchev–Trinajstić information content (AvgIpc) is 3.21. The zero-order valence-corrected chi connectivity index (χ0v) is 18.2. The van der Waals surface area contributed by atoms with E-state index in [4.69, 9.17) is 5.73 Å². The quantitative estimate of drug-likeness (QED) is 0.408. The highest BCUT2D eigenvalue weighted by molar-refractivity contribution is 7.99. The molecule has 0 amide bonds. The van der Waals surface area contributed by atoms with Gasteiger partial charge in [-0.15, -0.1) is 0 Å². The van der Waals surface area contributed by atoms with Crippen LogP contribution in [0.4, 0.5) is 14.6 Å². The topological polar surface area (TPSA) is 81.6 Å². The van der Waals surface area contributed by atoms with Crippen molar-refractivity contribution in [3.63, 3.8) is 0 Å². The molecule has 4 aromatic rings. The van der Waals surface area contributed by atoms with Gasteiger partial charge >= 0.3 is 0 Å². The molecule has 162 valence electrons. The summed E-state index contributed by atoms with van der Waals surface area (Å²) in [6, 6.07) is 10.7. The first kappa shape index (κ1) is 21.5. The van der Waals surface area contributed by atoms with Crippen LogP contribution in [0.1, 0.15) is 11.3 Å². The Balaban J connectivity index is 1.75. The lowest BCUT2D eigenvalue weighted by atomic mass is 10.00. The van der Waals surface area contributed by atoms with Crippen molar-refractivity contribution in [1.82, 2.24) is 19.7 Å². The smallest absolute Gasteiger partial charge is 0.137 e. The second kappa shape index (κ2) is 9.19. The number of rotatable bonds is 6. The first-order chi connectivity index (χ1) is 15.5. The first-order valence-corrected chi connectivity index (χ1v) is 10.8. The maximum Gasteiger partial charge on any atom is 0.137 e. The highest BCUT2D eigenvalue weighted by atomic mass is 32.2. The fourth-order valence-electron chi connectivity index (χ4n) is 3.30. The van der Waals surface area contributed by atoms with E-state index in [1.807, 2.05) is 31.6 Å². The van der Waals surface area contributed by atoms with Crippen LogP contribution in [-0.2, 0) is 7.05 Å². The largest absolute Gasteiger partial charge is 0.404 e. The van der Waals surface area contributed by atoms with E-state index in [1.165, 1.54) is 30.3 Å². The molecule has 32 heavy (non-hydrogen) atoms. The molecule has 0 aliphatic carbocycles.